The first-order valence-electron chi connectivity index (χ1n) is 9.45. The Balaban J connectivity index is 1.86. The molecule has 0 saturated heterocycles. The van der Waals surface area contributed by atoms with Gasteiger partial charge in [0.25, 0.3) is 0 Å². The molecule has 0 radical (unpaired) electrons. The topological polar surface area (TPSA) is 75.3 Å². The summed E-state index contributed by atoms with van der Waals surface area (Å²) in [6.07, 6.45) is 10.7. The van der Waals surface area contributed by atoms with Crippen LogP contribution in [-0.2, 0) is 4.74 Å². The number of methoxy groups -OCH3 is 2. The molecule has 2 aromatic rings. The zero-order valence-electron chi connectivity index (χ0n) is 17.2. The Bertz CT molecular complexity index is 1080. The molecule has 1 aliphatic rings. The van der Waals surface area contributed by atoms with Crippen LogP contribution in [0.4, 0.5) is 0 Å². The Morgan fingerprint density at radius 3 is 1.48 bits per heavy atom. The van der Waals surface area contributed by atoms with Crippen LogP contribution in [0, 0.1) is 22.7 Å². The SMILES string of the molecule is COc1ccc(/C=C/C2=CC(=C(C#N)C#N)C=C(/C=C/c3ccc(OC)cc3)O2)cc1. The standard InChI is InChI=1S/C26H20N2O3/c1-29-23-9-3-19(4-10-23)7-13-25-15-21(22(17-27)18-28)16-26(31-25)14-8-20-5-11-24(30-2)12-6-20/h3-16H,1-2H3/b13-7+,14-8+. The lowest BCUT2D eigenvalue weighted by Gasteiger charge is -2.14. The molecule has 0 atom stereocenters. The molecule has 152 valence electrons. The van der Waals surface area contributed by atoms with Crippen molar-refractivity contribution in [3.8, 4) is 23.6 Å². The maximum Gasteiger partial charge on any atom is 0.137 e. The van der Waals surface area contributed by atoms with E-state index in [-0.39, 0.29) is 5.57 Å². The van der Waals surface area contributed by atoms with Gasteiger partial charge in [0.15, 0.2) is 0 Å². The summed E-state index contributed by atoms with van der Waals surface area (Å²) < 4.78 is 16.3. The van der Waals surface area contributed by atoms with Gasteiger partial charge in [0.05, 0.1) is 14.2 Å². The first-order chi connectivity index (χ1) is 15.1. The lowest BCUT2D eigenvalue weighted by Crippen LogP contribution is -1.98. The van der Waals surface area contributed by atoms with Crippen molar-refractivity contribution < 1.29 is 14.2 Å². The lowest BCUT2D eigenvalue weighted by molar-refractivity contribution is 0.332. The van der Waals surface area contributed by atoms with Crippen LogP contribution in [0.2, 0.25) is 0 Å². The van der Waals surface area contributed by atoms with Gasteiger partial charge in [-0.1, -0.05) is 36.4 Å². The number of hydrogen-bond donors (Lipinski definition) is 0. The molecular weight excluding hydrogens is 388 g/mol. The molecule has 5 heteroatoms. The van der Waals surface area contributed by atoms with E-state index >= 15 is 0 Å². The molecule has 0 unspecified atom stereocenters. The van der Waals surface area contributed by atoms with Gasteiger partial charge in [-0.25, -0.2) is 0 Å². The third-order valence-corrected chi connectivity index (χ3v) is 4.46. The summed E-state index contributed by atoms with van der Waals surface area (Å²) in [4.78, 5) is 0. The number of hydrogen-bond acceptors (Lipinski definition) is 5. The minimum atomic E-state index is 0.0222. The molecule has 0 amide bonds. The van der Waals surface area contributed by atoms with Crippen LogP contribution in [0.5, 0.6) is 11.5 Å². The highest BCUT2D eigenvalue weighted by atomic mass is 16.5. The molecule has 2 aromatic carbocycles. The first-order valence-corrected chi connectivity index (χ1v) is 9.45. The summed E-state index contributed by atoms with van der Waals surface area (Å²) in [6, 6.07) is 19.0. The molecule has 31 heavy (non-hydrogen) atoms. The van der Waals surface area contributed by atoms with Gasteiger partial charge >= 0.3 is 0 Å². The van der Waals surface area contributed by atoms with Crippen LogP contribution >= 0.6 is 0 Å². The molecule has 0 fully saturated rings. The van der Waals surface area contributed by atoms with Crippen molar-refractivity contribution in [2.24, 2.45) is 0 Å². The Labute approximate surface area is 181 Å². The van der Waals surface area contributed by atoms with Crippen molar-refractivity contribution in [1.82, 2.24) is 0 Å². The minimum Gasteiger partial charge on any atom is -0.497 e. The van der Waals surface area contributed by atoms with Gasteiger partial charge < -0.3 is 14.2 Å². The molecule has 1 heterocycles. The Kier molecular flexibility index (Phi) is 7.08. The number of allylic oxidation sites excluding steroid dienone is 6. The Hall–Kier alpha value is -4.48. The van der Waals surface area contributed by atoms with Gasteiger partial charge in [0.1, 0.15) is 40.7 Å². The number of benzene rings is 2. The Morgan fingerprint density at radius 2 is 1.13 bits per heavy atom. The molecule has 0 aromatic heterocycles. The predicted molar refractivity (Wildman–Crippen MR) is 120 cm³/mol. The highest BCUT2D eigenvalue weighted by Crippen LogP contribution is 2.25. The molecule has 0 saturated carbocycles. The number of rotatable bonds is 6. The predicted octanol–water partition coefficient (Wildman–Crippen LogP) is 5.57. The van der Waals surface area contributed by atoms with Gasteiger partial charge in [-0.05, 0) is 59.7 Å². The van der Waals surface area contributed by atoms with Gasteiger partial charge in [-0.2, -0.15) is 10.5 Å². The second-order valence-electron chi connectivity index (χ2n) is 6.46. The molecule has 0 N–H and O–H groups in total. The minimum absolute atomic E-state index is 0.0222. The van der Waals surface area contributed by atoms with Crippen molar-refractivity contribution in [3.63, 3.8) is 0 Å². The molecule has 1 aliphatic heterocycles. The van der Waals surface area contributed by atoms with Crippen molar-refractivity contribution in [3.05, 3.63) is 107 Å². The molecule has 3 rings (SSSR count). The fourth-order valence-corrected chi connectivity index (χ4v) is 2.79. The van der Waals surface area contributed by atoms with Crippen molar-refractivity contribution >= 4 is 12.2 Å². The first kappa shape index (κ1) is 21.2. The normalized spacial score (nSPS) is 13.1. The van der Waals surface area contributed by atoms with Crippen LogP contribution in [0.25, 0.3) is 12.2 Å². The molecular formula is C26H20N2O3. The van der Waals surface area contributed by atoms with Gasteiger partial charge in [-0.15, -0.1) is 0 Å². The summed E-state index contributed by atoms with van der Waals surface area (Å²) in [6.45, 7) is 0. The van der Waals surface area contributed by atoms with E-state index in [0.29, 0.717) is 17.1 Å². The van der Waals surface area contributed by atoms with Crippen molar-refractivity contribution in [1.29, 1.82) is 10.5 Å². The zero-order valence-corrected chi connectivity index (χ0v) is 17.2. The fourth-order valence-electron chi connectivity index (χ4n) is 2.79. The van der Waals surface area contributed by atoms with Gasteiger partial charge in [0, 0.05) is 5.57 Å². The smallest absolute Gasteiger partial charge is 0.137 e. The maximum atomic E-state index is 9.28. The number of nitrogens with zero attached hydrogens (tertiary/aromatic N) is 2. The Morgan fingerprint density at radius 1 is 0.710 bits per heavy atom. The maximum absolute atomic E-state index is 9.28. The van der Waals surface area contributed by atoms with E-state index in [9.17, 15) is 10.5 Å². The number of nitriles is 2. The summed E-state index contributed by atoms with van der Waals surface area (Å²) in [7, 11) is 3.24. The monoisotopic (exact) mass is 408 g/mol. The highest BCUT2D eigenvalue weighted by molar-refractivity contribution is 5.60. The third-order valence-electron chi connectivity index (χ3n) is 4.46. The van der Waals surface area contributed by atoms with E-state index in [1.165, 1.54) is 0 Å². The van der Waals surface area contributed by atoms with Crippen LogP contribution < -0.4 is 9.47 Å². The van der Waals surface area contributed by atoms with E-state index in [1.54, 1.807) is 38.5 Å². The van der Waals surface area contributed by atoms with Crippen molar-refractivity contribution in [2.75, 3.05) is 14.2 Å². The van der Waals surface area contributed by atoms with E-state index in [2.05, 4.69) is 0 Å². The van der Waals surface area contributed by atoms with E-state index < -0.39 is 0 Å². The van der Waals surface area contributed by atoms with Gasteiger partial charge in [-0.3, -0.25) is 0 Å². The summed E-state index contributed by atoms with van der Waals surface area (Å²) >= 11 is 0. The largest absolute Gasteiger partial charge is 0.497 e. The van der Waals surface area contributed by atoms with Crippen LogP contribution in [0.3, 0.4) is 0 Å². The number of ether oxygens (including phenoxy) is 3. The molecule has 0 bridgehead atoms. The lowest BCUT2D eigenvalue weighted by atomic mass is 10.1. The zero-order chi connectivity index (χ0) is 22.1. The molecule has 5 nitrogen and oxygen atoms in total. The van der Waals surface area contributed by atoms with E-state index in [1.807, 2.05) is 72.8 Å². The van der Waals surface area contributed by atoms with Crippen molar-refractivity contribution in [2.45, 2.75) is 0 Å². The van der Waals surface area contributed by atoms with E-state index in [4.69, 9.17) is 14.2 Å². The molecule has 0 spiro atoms. The van der Waals surface area contributed by atoms with E-state index in [0.717, 1.165) is 22.6 Å². The summed E-state index contributed by atoms with van der Waals surface area (Å²) in [5.41, 5.74) is 2.44. The van der Waals surface area contributed by atoms with Crippen LogP contribution in [0.15, 0.2) is 95.5 Å². The highest BCUT2D eigenvalue weighted by Gasteiger charge is 2.12. The average Bonchev–Trinajstić information content (AvgIpc) is 2.83. The third kappa shape index (κ3) is 5.76. The summed E-state index contributed by atoms with van der Waals surface area (Å²) in [5, 5.41) is 18.6. The van der Waals surface area contributed by atoms with Crippen LogP contribution in [0.1, 0.15) is 11.1 Å². The summed E-state index contributed by atoms with van der Waals surface area (Å²) in [5.74, 6) is 2.59. The second-order valence-corrected chi connectivity index (χ2v) is 6.46. The fraction of sp³-hybridized carbons (Fsp3) is 0.0769. The molecule has 0 aliphatic carbocycles. The quantitative estimate of drug-likeness (QED) is 0.584. The van der Waals surface area contributed by atoms with Crippen LogP contribution in [-0.4, -0.2) is 14.2 Å². The average molecular weight is 408 g/mol. The van der Waals surface area contributed by atoms with Gasteiger partial charge in [0.2, 0.25) is 0 Å². The second kappa shape index (κ2) is 10.3.